The number of hydrogen-bond acceptors (Lipinski definition) is 1. The van der Waals surface area contributed by atoms with Crippen LogP contribution in [0.2, 0.25) is 0 Å². The minimum absolute atomic E-state index is 0.0127. The standard InChI is InChI=1S/C11H15F3O.C2H6/c1-7(2)9-5-4-8(3)6-10(9)15-11(12,13)14;1-2/h6-7H,4-5H2,1-3H3;1-2H3. The van der Waals surface area contributed by atoms with Crippen molar-refractivity contribution >= 4 is 0 Å². The predicted molar refractivity (Wildman–Crippen MR) is 63.3 cm³/mol. The van der Waals surface area contributed by atoms with Gasteiger partial charge in [0.2, 0.25) is 0 Å². The smallest absolute Gasteiger partial charge is 0.406 e. The first-order chi connectivity index (χ1) is 7.79. The van der Waals surface area contributed by atoms with E-state index < -0.39 is 6.36 Å². The van der Waals surface area contributed by atoms with E-state index in [1.54, 1.807) is 0 Å². The van der Waals surface area contributed by atoms with Gasteiger partial charge in [-0.3, -0.25) is 0 Å². The summed E-state index contributed by atoms with van der Waals surface area (Å²) in [5.41, 5.74) is 1.68. The van der Waals surface area contributed by atoms with Crippen LogP contribution in [0, 0.1) is 5.92 Å². The van der Waals surface area contributed by atoms with Crippen molar-refractivity contribution in [3.8, 4) is 0 Å². The van der Waals surface area contributed by atoms with Gasteiger partial charge >= 0.3 is 6.36 Å². The highest BCUT2D eigenvalue weighted by Crippen LogP contribution is 2.33. The van der Waals surface area contributed by atoms with Crippen molar-refractivity contribution in [2.45, 2.75) is 53.8 Å². The molecule has 0 atom stereocenters. The fourth-order valence-electron chi connectivity index (χ4n) is 1.64. The second kappa shape index (κ2) is 6.72. The van der Waals surface area contributed by atoms with Gasteiger partial charge in [-0.25, -0.2) is 0 Å². The van der Waals surface area contributed by atoms with Crippen molar-refractivity contribution in [2.75, 3.05) is 0 Å². The van der Waals surface area contributed by atoms with Gasteiger partial charge in [0.1, 0.15) is 5.76 Å². The zero-order valence-electron chi connectivity index (χ0n) is 11.1. The molecule has 0 spiro atoms. The number of hydrogen-bond donors (Lipinski definition) is 0. The van der Waals surface area contributed by atoms with Crippen molar-refractivity contribution in [3.05, 3.63) is 23.0 Å². The number of allylic oxidation sites excluding steroid dienone is 3. The monoisotopic (exact) mass is 250 g/mol. The van der Waals surface area contributed by atoms with Gasteiger partial charge in [-0.05, 0) is 37.3 Å². The largest absolute Gasteiger partial charge is 0.573 e. The molecule has 0 aromatic rings. The molecule has 0 heterocycles. The SMILES string of the molecule is CC.CC1=CC(OC(F)(F)F)=C(C(C)C)CC1. The molecule has 1 aliphatic carbocycles. The van der Waals surface area contributed by atoms with Crippen LogP contribution in [-0.2, 0) is 4.74 Å². The van der Waals surface area contributed by atoms with Gasteiger partial charge in [-0.2, -0.15) is 0 Å². The average molecular weight is 250 g/mol. The van der Waals surface area contributed by atoms with E-state index in [0.29, 0.717) is 6.42 Å². The van der Waals surface area contributed by atoms with Crippen LogP contribution in [0.15, 0.2) is 23.0 Å². The van der Waals surface area contributed by atoms with Crippen molar-refractivity contribution in [3.63, 3.8) is 0 Å². The summed E-state index contributed by atoms with van der Waals surface area (Å²) in [6.07, 6.45) is -1.63. The Morgan fingerprint density at radius 1 is 1.18 bits per heavy atom. The molecular formula is C13H21F3O. The first-order valence-corrected chi connectivity index (χ1v) is 5.95. The van der Waals surface area contributed by atoms with Gasteiger partial charge < -0.3 is 4.74 Å². The predicted octanol–water partition coefficient (Wildman–Crippen LogP) is 5.20. The van der Waals surface area contributed by atoms with E-state index in [1.165, 1.54) is 6.08 Å². The first-order valence-electron chi connectivity index (χ1n) is 5.95. The normalized spacial score (nSPS) is 16.4. The van der Waals surface area contributed by atoms with Crippen LogP contribution in [-0.4, -0.2) is 6.36 Å². The molecular weight excluding hydrogens is 229 g/mol. The molecule has 4 heteroatoms. The minimum atomic E-state index is -4.59. The highest BCUT2D eigenvalue weighted by Gasteiger charge is 2.33. The van der Waals surface area contributed by atoms with Crippen molar-refractivity contribution in [1.82, 2.24) is 0 Å². The van der Waals surface area contributed by atoms with E-state index in [2.05, 4.69) is 4.74 Å². The molecule has 1 rings (SSSR count). The molecule has 1 nitrogen and oxygen atoms in total. The van der Waals surface area contributed by atoms with Crippen molar-refractivity contribution in [1.29, 1.82) is 0 Å². The first kappa shape index (κ1) is 16.1. The Hall–Kier alpha value is -0.930. The molecule has 0 radical (unpaired) electrons. The molecule has 0 fully saturated rings. The van der Waals surface area contributed by atoms with E-state index in [1.807, 2.05) is 34.6 Å². The Bertz CT molecular complexity index is 298. The second-order valence-corrected chi connectivity index (χ2v) is 4.08. The number of halogens is 3. The number of rotatable bonds is 2. The Balaban J connectivity index is 0.00000121. The quantitative estimate of drug-likeness (QED) is 0.654. The highest BCUT2D eigenvalue weighted by atomic mass is 19.4. The van der Waals surface area contributed by atoms with E-state index in [-0.39, 0.29) is 11.7 Å². The lowest BCUT2D eigenvalue weighted by molar-refractivity contribution is -0.304. The van der Waals surface area contributed by atoms with Crippen molar-refractivity contribution < 1.29 is 17.9 Å². The summed E-state index contributed by atoms with van der Waals surface area (Å²) < 4.78 is 40.4. The molecule has 0 unspecified atom stereocenters. The van der Waals surface area contributed by atoms with Crippen LogP contribution < -0.4 is 0 Å². The summed E-state index contributed by atoms with van der Waals surface area (Å²) in [5.74, 6) is 0.0768. The molecule has 0 amide bonds. The summed E-state index contributed by atoms with van der Waals surface area (Å²) >= 11 is 0. The minimum Gasteiger partial charge on any atom is -0.406 e. The summed E-state index contributed by atoms with van der Waals surface area (Å²) in [5, 5.41) is 0. The number of ether oxygens (including phenoxy) is 1. The molecule has 17 heavy (non-hydrogen) atoms. The van der Waals surface area contributed by atoms with E-state index in [9.17, 15) is 13.2 Å². The Morgan fingerprint density at radius 3 is 2.12 bits per heavy atom. The molecule has 0 saturated heterocycles. The number of alkyl halides is 3. The van der Waals surface area contributed by atoms with E-state index in [4.69, 9.17) is 0 Å². The van der Waals surface area contributed by atoms with Gasteiger partial charge in [0.15, 0.2) is 0 Å². The fourth-order valence-corrected chi connectivity index (χ4v) is 1.64. The molecule has 0 bridgehead atoms. The third-order valence-corrected chi connectivity index (χ3v) is 2.41. The Morgan fingerprint density at radius 2 is 1.71 bits per heavy atom. The van der Waals surface area contributed by atoms with Crippen LogP contribution in [0.3, 0.4) is 0 Å². The molecule has 0 aliphatic heterocycles. The average Bonchev–Trinajstić information content (AvgIpc) is 2.17. The Kier molecular flexibility index (Phi) is 6.35. The molecule has 0 saturated carbocycles. The maximum atomic E-state index is 12.1. The lowest BCUT2D eigenvalue weighted by Crippen LogP contribution is -2.16. The third-order valence-electron chi connectivity index (χ3n) is 2.41. The molecule has 0 aromatic carbocycles. The van der Waals surface area contributed by atoms with Crippen LogP contribution in [0.4, 0.5) is 13.2 Å². The van der Waals surface area contributed by atoms with Crippen molar-refractivity contribution in [2.24, 2.45) is 5.92 Å². The zero-order chi connectivity index (χ0) is 13.6. The fraction of sp³-hybridized carbons (Fsp3) is 0.692. The van der Waals surface area contributed by atoms with Gasteiger partial charge in [-0.1, -0.05) is 33.3 Å². The van der Waals surface area contributed by atoms with Crippen LogP contribution >= 0.6 is 0 Å². The summed E-state index contributed by atoms with van der Waals surface area (Å²) in [7, 11) is 0. The summed E-state index contributed by atoms with van der Waals surface area (Å²) in [6.45, 7) is 9.57. The maximum Gasteiger partial charge on any atom is 0.573 e. The Labute approximate surface area is 101 Å². The van der Waals surface area contributed by atoms with Gasteiger partial charge in [0, 0.05) is 0 Å². The summed E-state index contributed by atoms with van der Waals surface area (Å²) in [4.78, 5) is 0. The van der Waals surface area contributed by atoms with Crippen LogP contribution in [0.1, 0.15) is 47.5 Å². The maximum absolute atomic E-state index is 12.1. The zero-order valence-corrected chi connectivity index (χ0v) is 11.1. The summed E-state index contributed by atoms with van der Waals surface area (Å²) in [6, 6.07) is 0. The third kappa shape index (κ3) is 5.80. The molecule has 0 N–H and O–H groups in total. The lowest BCUT2D eigenvalue weighted by atomic mass is 9.90. The van der Waals surface area contributed by atoms with Crippen LogP contribution in [0.5, 0.6) is 0 Å². The topological polar surface area (TPSA) is 9.23 Å². The van der Waals surface area contributed by atoms with E-state index >= 15 is 0 Å². The second-order valence-electron chi connectivity index (χ2n) is 4.08. The van der Waals surface area contributed by atoms with Gasteiger partial charge in [0.05, 0.1) is 0 Å². The molecule has 0 aromatic heterocycles. The highest BCUT2D eigenvalue weighted by molar-refractivity contribution is 5.29. The molecule has 1 aliphatic rings. The van der Waals surface area contributed by atoms with E-state index in [0.717, 1.165) is 17.6 Å². The van der Waals surface area contributed by atoms with Crippen LogP contribution in [0.25, 0.3) is 0 Å². The lowest BCUT2D eigenvalue weighted by Gasteiger charge is -2.22. The van der Waals surface area contributed by atoms with Gasteiger partial charge in [0.25, 0.3) is 0 Å². The van der Waals surface area contributed by atoms with Gasteiger partial charge in [-0.15, -0.1) is 13.2 Å². The molecule has 100 valence electrons.